The molecule has 2 heterocycles. The smallest absolute Gasteiger partial charge is 0.136 e. The van der Waals surface area contributed by atoms with E-state index in [0.29, 0.717) is 5.88 Å². The fraction of sp³-hybridized carbons (Fsp3) is 0.400. The molecule has 0 unspecified atom stereocenters. The van der Waals surface area contributed by atoms with Gasteiger partial charge in [0.2, 0.25) is 0 Å². The summed E-state index contributed by atoms with van der Waals surface area (Å²) in [4.78, 5) is 7.14. The number of benzene rings is 1. The Hall–Kier alpha value is -1.28. The molecule has 1 fully saturated rings. The third kappa shape index (κ3) is 2.17. The van der Waals surface area contributed by atoms with Crippen LogP contribution in [-0.4, -0.2) is 18.1 Å². The lowest BCUT2D eigenvalue weighted by Crippen LogP contribution is -2.30. The van der Waals surface area contributed by atoms with Gasteiger partial charge in [-0.05, 0) is 30.7 Å². The lowest BCUT2D eigenvalue weighted by Gasteiger charge is -2.29. The van der Waals surface area contributed by atoms with Crippen LogP contribution >= 0.6 is 11.6 Å². The van der Waals surface area contributed by atoms with Gasteiger partial charge >= 0.3 is 0 Å². The molecule has 2 nitrogen and oxygen atoms in total. The van der Waals surface area contributed by atoms with Gasteiger partial charge < -0.3 is 4.90 Å². The van der Waals surface area contributed by atoms with Crippen molar-refractivity contribution in [2.45, 2.75) is 25.1 Å². The van der Waals surface area contributed by atoms with Crippen molar-refractivity contribution in [3.63, 3.8) is 0 Å². The molecule has 3 rings (SSSR count). The summed E-state index contributed by atoms with van der Waals surface area (Å²) >= 11 is 5.96. The van der Waals surface area contributed by atoms with Crippen LogP contribution in [0.25, 0.3) is 10.8 Å². The van der Waals surface area contributed by atoms with E-state index in [-0.39, 0.29) is 0 Å². The van der Waals surface area contributed by atoms with Crippen molar-refractivity contribution in [3.8, 4) is 0 Å². The Balaban J connectivity index is 2.12. The topological polar surface area (TPSA) is 16.1 Å². The van der Waals surface area contributed by atoms with Gasteiger partial charge in [0, 0.05) is 18.5 Å². The molecule has 0 N–H and O–H groups in total. The summed E-state index contributed by atoms with van der Waals surface area (Å²) in [5.74, 6) is 1.59. The molecule has 1 aromatic carbocycles. The van der Waals surface area contributed by atoms with Crippen molar-refractivity contribution in [2.24, 2.45) is 0 Å². The van der Waals surface area contributed by atoms with Crippen LogP contribution in [0.15, 0.2) is 30.3 Å². The van der Waals surface area contributed by atoms with E-state index < -0.39 is 0 Å². The number of piperidine rings is 1. The number of hydrogen-bond donors (Lipinski definition) is 0. The maximum absolute atomic E-state index is 5.96. The minimum atomic E-state index is 0.478. The van der Waals surface area contributed by atoms with Gasteiger partial charge in [0.05, 0.1) is 11.6 Å². The van der Waals surface area contributed by atoms with Crippen molar-refractivity contribution in [1.82, 2.24) is 4.98 Å². The van der Waals surface area contributed by atoms with E-state index in [1.54, 1.807) is 0 Å². The van der Waals surface area contributed by atoms with Gasteiger partial charge in [-0.15, -0.1) is 11.6 Å². The number of pyridine rings is 1. The van der Waals surface area contributed by atoms with Gasteiger partial charge in [-0.3, -0.25) is 0 Å². The van der Waals surface area contributed by atoms with Gasteiger partial charge in [0.25, 0.3) is 0 Å². The van der Waals surface area contributed by atoms with Crippen molar-refractivity contribution in [3.05, 3.63) is 36.0 Å². The molecule has 0 spiro atoms. The van der Waals surface area contributed by atoms with Gasteiger partial charge in [0.1, 0.15) is 5.82 Å². The first-order chi connectivity index (χ1) is 8.88. The normalized spacial score (nSPS) is 16.2. The van der Waals surface area contributed by atoms with Crippen molar-refractivity contribution >= 4 is 28.2 Å². The van der Waals surface area contributed by atoms with Crippen LogP contribution in [0.5, 0.6) is 0 Å². The molecule has 0 saturated carbocycles. The molecule has 1 aliphatic heterocycles. The minimum absolute atomic E-state index is 0.478. The molecule has 1 aliphatic rings. The Morgan fingerprint density at radius 2 is 1.89 bits per heavy atom. The van der Waals surface area contributed by atoms with E-state index in [2.05, 4.69) is 35.2 Å². The monoisotopic (exact) mass is 260 g/mol. The number of anilines is 1. The molecule has 0 aliphatic carbocycles. The Morgan fingerprint density at radius 1 is 1.11 bits per heavy atom. The average Bonchev–Trinajstić information content (AvgIpc) is 2.47. The molecule has 18 heavy (non-hydrogen) atoms. The lowest BCUT2D eigenvalue weighted by atomic mass is 10.1. The quantitative estimate of drug-likeness (QED) is 0.760. The van der Waals surface area contributed by atoms with Gasteiger partial charge in [-0.2, -0.15) is 0 Å². The Labute approximate surface area is 113 Å². The zero-order valence-electron chi connectivity index (χ0n) is 10.4. The SMILES string of the molecule is ClCc1cc2ccccc2c(N2CCCCC2)n1. The van der Waals surface area contributed by atoms with Crippen molar-refractivity contribution in [2.75, 3.05) is 18.0 Å². The first-order valence-corrected chi connectivity index (χ1v) is 7.11. The number of halogens is 1. The van der Waals surface area contributed by atoms with Crippen LogP contribution in [0.3, 0.4) is 0 Å². The Bertz CT molecular complexity index is 547. The molecule has 1 saturated heterocycles. The van der Waals surface area contributed by atoms with E-state index in [0.717, 1.165) is 24.6 Å². The Morgan fingerprint density at radius 3 is 2.67 bits per heavy atom. The number of nitrogens with zero attached hydrogens (tertiary/aromatic N) is 2. The van der Waals surface area contributed by atoms with E-state index in [1.165, 1.54) is 30.0 Å². The highest BCUT2D eigenvalue weighted by atomic mass is 35.5. The molecule has 0 atom stereocenters. The summed E-state index contributed by atoms with van der Waals surface area (Å²) in [5.41, 5.74) is 0.968. The third-order valence-corrected chi connectivity index (χ3v) is 3.84. The average molecular weight is 261 g/mol. The van der Waals surface area contributed by atoms with Crippen molar-refractivity contribution in [1.29, 1.82) is 0 Å². The van der Waals surface area contributed by atoms with Gasteiger partial charge in [-0.25, -0.2) is 4.98 Å². The molecule has 94 valence electrons. The standard InChI is InChI=1S/C15H17ClN2/c16-11-13-10-12-6-2-3-7-14(12)15(17-13)18-8-4-1-5-9-18/h2-3,6-7,10H,1,4-5,8-9,11H2. The molecule has 1 aromatic heterocycles. The highest BCUT2D eigenvalue weighted by Gasteiger charge is 2.15. The fourth-order valence-electron chi connectivity index (χ4n) is 2.65. The summed E-state index contributed by atoms with van der Waals surface area (Å²) in [6, 6.07) is 10.5. The van der Waals surface area contributed by atoms with Crippen molar-refractivity contribution < 1.29 is 0 Å². The maximum Gasteiger partial charge on any atom is 0.136 e. The number of hydrogen-bond acceptors (Lipinski definition) is 2. The fourth-order valence-corrected chi connectivity index (χ4v) is 2.79. The second kappa shape index (κ2) is 5.15. The number of rotatable bonds is 2. The molecular weight excluding hydrogens is 244 g/mol. The number of aromatic nitrogens is 1. The highest BCUT2D eigenvalue weighted by Crippen LogP contribution is 2.28. The molecule has 2 aromatic rings. The maximum atomic E-state index is 5.96. The summed E-state index contributed by atoms with van der Waals surface area (Å²) in [5, 5.41) is 2.48. The summed E-state index contributed by atoms with van der Waals surface area (Å²) in [6.45, 7) is 2.23. The highest BCUT2D eigenvalue weighted by molar-refractivity contribution is 6.17. The van der Waals surface area contributed by atoms with Crippen LogP contribution in [0.4, 0.5) is 5.82 Å². The zero-order chi connectivity index (χ0) is 12.4. The zero-order valence-corrected chi connectivity index (χ0v) is 11.2. The second-order valence-electron chi connectivity index (χ2n) is 4.84. The summed E-state index contributed by atoms with van der Waals surface area (Å²) in [6.07, 6.45) is 3.87. The van der Waals surface area contributed by atoms with Crippen LogP contribution < -0.4 is 4.90 Å². The second-order valence-corrected chi connectivity index (χ2v) is 5.11. The van der Waals surface area contributed by atoms with E-state index >= 15 is 0 Å². The van der Waals surface area contributed by atoms with Crippen LogP contribution in [0.2, 0.25) is 0 Å². The van der Waals surface area contributed by atoms with Gasteiger partial charge in [-0.1, -0.05) is 24.3 Å². The minimum Gasteiger partial charge on any atom is -0.356 e. The van der Waals surface area contributed by atoms with E-state index in [9.17, 15) is 0 Å². The third-order valence-electron chi connectivity index (χ3n) is 3.57. The predicted molar refractivity (Wildman–Crippen MR) is 77.4 cm³/mol. The molecule has 0 radical (unpaired) electrons. The van der Waals surface area contributed by atoms with Crippen LogP contribution in [0, 0.1) is 0 Å². The molecule has 0 amide bonds. The van der Waals surface area contributed by atoms with Crippen LogP contribution in [-0.2, 0) is 5.88 Å². The number of alkyl halides is 1. The predicted octanol–water partition coefficient (Wildman–Crippen LogP) is 3.96. The van der Waals surface area contributed by atoms with Gasteiger partial charge in [0.15, 0.2) is 0 Å². The van der Waals surface area contributed by atoms with E-state index in [1.807, 2.05) is 0 Å². The molecular formula is C15H17ClN2. The number of fused-ring (bicyclic) bond motifs is 1. The lowest BCUT2D eigenvalue weighted by molar-refractivity contribution is 0.574. The summed E-state index contributed by atoms with van der Waals surface area (Å²) < 4.78 is 0. The Kier molecular flexibility index (Phi) is 3.37. The first kappa shape index (κ1) is 11.8. The first-order valence-electron chi connectivity index (χ1n) is 6.58. The molecule has 3 heteroatoms. The molecule has 0 bridgehead atoms. The van der Waals surface area contributed by atoms with E-state index in [4.69, 9.17) is 16.6 Å². The summed E-state index contributed by atoms with van der Waals surface area (Å²) in [7, 11) is 0. The van der Waals surface area contributed by atoms with Crippen LogP contribution in [0.1, 0.15) is 25.0 Å². The largest absolute Gasteiger partial charge is 0.356 e.